The van der Waals surface area contributed by atoms with Crippen LogP contribution in [0.5, 0.6) is 0 Å². The molecular formula is C22H13F3O5S. The van der Waals surface area contributed by atoms with Crippen molar-refractivity contribution in [3.63, 3.8) is 0 Å². The van der Waals surface area contributed by atoms with Crippen LogP contribution in [-0.4, -0.2) is 20.2 Å². The number of fused-ring (bicyclic) bond motifs is 2. The fourth-order valence-corrected chi connectivity index (χ4v) is 5.04. The molecular weight excluding hydrogens is 433 g/mol. The minimum absolute atomic E-state index is 0.0362. The van der Waals surface area contributed by atoms with Crippen molar-refractivity contribution in [1.82, 2.24) is 0 Å². The smallest absolute Gasteiger partial charge is 0.416 e. The number of ether oxygens (including phenoxy) is 1. The molecule has 0 bridgehead atoms. The molecule has 0 N–H and O–H groups in total. The van der Waals surface area contributed by atoms with Gasteiger partial charge in [-0.1, -0.05) is 30.3 Å². The molecule has 0 saturated carbocycles. The minimum Gasteiger partial charge on any atom is -0.457 e. The zero-order chi connectivity index (χ0) is 22.4. The number of hydrogen-bond acceptors (Lipinski definition) is 5. The van der Waals surface area contributed by atoms with Gasteiger partial charge in [0.1, 0.15) is 6.61 Å². The van der Waals surface area contributed by atoms with Crippen LogP contribution in [0.2, 0.25) is 0 Å². The minimum atomic E-state index is -4.61. The molecule has 0 aliphatic carbocycles. The summed E-state index contributed by atoms with van der Waals surface area (Å²) in [6.45, 7) is -0.653. The van der Waals surface area contributed by atoms with Gasteiger partial charge in [-0.15, -0.1) is 0 Å². The van der Waals surface area contributed by atoms with Crippen LogP contribution < -0.4 is 0 Å². The second-order valence-corrected chi connectivity index (χ2v) is 8.66. The van der Waals surface area contributed by atoms with Gasteiger partial charge in [0.15, 0.2) is 5.78 Å². The summed E-state index contributed by atoms with van der Waals surface area (Å²) < 4.78 is 70.1. The van der Waals surface area contributed by atoms with Crippen LogP contribution in [-0.2, 0) is 27.4 Å². The fraction of sp³-hybridized carbons (Fsp3) is 0.0909. The first-order valence-corrected chi connectivity index (χ1v) is 10.4. The highest BCUT2D eigenvalue weighted by Crippen LogP contribution is 2.35. The number of rotatable bonds is 3. The summed E-state index contributed by atoms with van der Waals surface area (Å²) in [6, 6.07) is 13.8. The average Bonchev–Trinajstić information content (AvgIpc) is 2.75. The zero-order valence-corrected chi connectivity index (χ0v) is 16.5. The van der Waals surface area contributed by atoms with Gasteiger partial charge >= 0.3 is 12.1 Å². The second-order valence-electron chi connectivity index (χ2n) is 6.77. The monoisotopic (exact) mass is 446 g/mol. The standard InChI is InChI=1S/C22H13F3O5S/c23-22(24,25)17-7-3-1-5-14(17)12-30-21(27)13-9-10-16-19(11-13)31(28,29)18-8-4-2-6-15(18)20(16)26/h1-11H,12H2. The maximum Gasteiger partial charge on any atom is 0.416 e. The molecule has 158 valence electrons. The maximum absolute atomic E-state index is 13.1. The molecule has 1 aliphatic rings. The van der Waals surface area contributed by atoms with Crippen LogP contribution >= 0.6 is 0 Å². The number of ketones is 1. The summed E-state index contributed by atoms with van der Waals surface area (Å²) in [4.78, 5) is 24.5. The molecule has 1 heterocycles. The number of benzene rings is 3. The molecule has 0 radical (unpaired) electrons. The maximum atomic E-state index is 13.1. The molecule has 3 aromatic rings. The van der Waals surface area contributed by atoms with Crippen LogP contribution in [0.4, 0.5) is 13.2 Å². The van der Waals surface area contributed by atoms with Crippen molar-refractivity contribution in [3.8, 4) is 0 Å². The second kappa shape index (κ2) is 7.35. The van der Waals surface area contributed by atoms with Gasteiger partial charge in [-0.2, -0.15) is 13.2 Å². The van der Waals surface area contributed by atoms with Crippen molar-refractivity contribution >= 4 is 21.6 Å². The molecule has 3 aromatic carbocycles. The number of carbonyl (C=O) groups excluding carboxylic acids is 2. The predicted molar refractivity (Wildman–Crippen MR) is 102 cm³/mol. The van der Waals surface area contributed by atoms with Crippen LogP contribution in [0.25, 0.3) is 0 Å². The Bertz CT molecular complexity index is 1330. The van der Waals surface area contributed by atoms with Crippen molar-refractivity contribution in [2.45, 2.75) is 22.6 Å². The number of halogens is 3. The van der Waals surface area contributed by atoms with Gasteiger partial charge < -0.3 is 4.74 Å². The van der Waals surface area contributed by atoms with Crippen molar-refractivity contribution < 1.29 is 35.9 Å². The topological polar surface area (TPSA) is 77.5 Å². The Labute approximate surface area is 175 Å². The third-order valence-electron chi connectivity index (χ3n) is 4.85. The third kappa shape index (κ3) is 3.61. The Morgan fingerprint density at radius 1 is 0.871 bits per heavy atom. The van der Waals surface area contributed by atoms with Gasteiger partial charge in [0.05, 0.1) is 20.9 Å². The number of sulfone groups is 1. The van der Waals surface area contributed by atoms with Gasteiger partial charge in [0.25, 0.3) is 0 Å². The number of esters is 1. The van der Waals surface area contributed by atoms with Gasteiger partial charge in [0, 0.05) is 16.7 Å². The van der Waals surface area contributed by atoms with E-state index in [4.69, 9.17) is 4.74 Å². The largest absolute Gasteiger partial charge is 0.457 e. The molecule has 1 aliphatic heterocycles. The Kier molecular flexibility index (Phi) is 4.93. The van der Waals surface area contributed by atoms with Crippen LogP contribution in [0.1, 0.15) is 37.4 Å². The van der Waals surface area contributed by atoms with Crippen molar-refractivity contribution in [2.24, 2.45) is 0 Å². The Balaban J connectivity index is 1.64. The van der Waals surface area contributed by atoms with Gasteiger partial charge in [-0.25, -0.2) is 13.2 Å². The molecule has 5 nitrogen and oxygen atoms in total. The summed E-state index contributed by atoms with van der Waals surface area (Å²) in [5.74, 6) is -1.51. The molecule has 9 heteroatoms. The number of carbonyl (C=O) groups is 2. The van der Waals surface area contributed by atoms with E-state index in [1.165, 1.54) is 48.5 Å². The average molecular weight is 446 g/mol. The van der Waals surface area contributed by atoms with E-state index in [1.54, 1.807) is 6.07 Å². The lowest BCUT2D eigenvalue weighted by Gasteiger charge is -2.19. The van der Waals surface area contributed by atoms with E-state index in [-0.39, 0.29) is 32.0 Å². The van der Waals surface area contributed by atoms with Gasteiger partial charge in [0.2, 0.25) is 9.84 Å². The lowest BCUT2D eigenvalue weighted by atomic mass is 10.0. The molecule has 0 spiro atoms. The van der Waals surface area contributed by atoms with Gasteiger partial charge in [-0.05, 0) is 36.4 Å². The molecule has 4 rings (SSSR count). The van der Waals surface area contributed by atoms with E-state index in [0.717, 1.165) is 12.1 Å². The van der Waals surface area contributed by atoms with E-state index in [2.05, 4.69) is 0 Å². The van der Waals surface area contributed by atoms with Crippen molar-refractivity contribution in [1.29, 1.82) is 0 Å². The summed E-state index contributed by atoms with van der Waals surface area (Å²) in [7, 11) is -4.06. The molecule has 0 aromatic heterocycles. The number of hydrogen-bond donors (Lipinski definition) is 0. The predicted octanol–water partition coefficient (Wildman–Crippen LogP) is 4.44. The molecule has 0 unspecified atom stereocenters. The van der Waals surface area contributed by atoms with Crippen LogP contribution in [0, 0.1) is 0 Å². The Hall–Kier alpha value is -3.46. The first kappa shape index (κ1) is 20.8. The molecule has 31 heavy (non-hydrogen) atoms. The highest BCUT2D eigenvalue weighted by atomic mass is 32.2. The van der Waals surface area contributed by atoms with E-state index in [0.29, 0.717) is 0 Å². The van der Waals surface area contributed by atoms with Crippen LogP contribution in [0.15, 0.2) is 76.5 Å². The van der Waals surface area contributed by atoms with E-state index in [9.17, 15) is 31.2 Å². The molecule has 0 amide bonds. The fourth-order valence-electron chi connectivity index (χ4n) is 3.36. The first-order chi connectivity index (χ1) is 14.6. The highest BCUT2D eigenvalue weighted by Gasteiger charge is 2.35. The van der Waals surface area contributed by atoms with E-state index in [1.807, 2.05) is 0 Å². The Morgan fingerprint density at radius 2 is 1.52 bits per heavy atom. The zero-order valence-electron chi connectivity index (χ0n) is 15.6. The third-order valence-corrected chi connectivity index (χ3v) is 6.71. The first-order valence-electron chi connectivity index (χ1n) is 8.96. The van der Waals surface area contributed by atoms with E-state index < -0.39 is 39.9 Å². The van der Waals surface area contributed by atoms with E-state index >= 15 is 0 Å². The number of alkyl halides is 3. The SMILES string of the molecule is O=C(OCc1ccccc1C(F)(F)F)c1ccc2c(c1)S(=O)(=O)c1ccccc1C2=O. The summed E-state index contributed by atoms with van der Waals surface area (Å²) in [6.07, 6.45) is -4.61. The van der Waals surface area contributed by atoms with Gasteiger partial charge in [-0.3, -0.25) is 4.79 Å². The summed E-state index contributed by atoms with van der Waals surface area (Å²) >= 11 is 0. The summed E-state index contributed by atoms with van der Waals surface area (Å²) in [5, 5.41) is 0. The quantitative estimate of drug-likeness (QED) is 0.435. The van der Waals surface area contributed by atoms with Crippen molar-refractivity contribution in [3.05, 3.63) is 94.5 Å². The lowest BCUT2D eigenvalue weighted by molar-refractivity contribution is -0.138. The van der Waals surface area contributed by atoms with Crippen molar-refractivity contribution in [2.75, 3.05) is 0 Å². The van der Waals surface area contributed by atoms with Crippen LogP contribution in [0.3, 0.4) is 0 Å². The summed E-state index contributed by atoms with van der Waals surface area (Å²) in [5.41, 5.74) is -1.41. The molecule has 0 atom stereocenters. The Morgan fingerprint density at radius 3 is 2.26 bits per heavy atom. The molecule has 0 saturated heterocycles. The molecule has 0 fully saturated rings. The lowest BCUT2D eigenvalue weighted by Crippen LogP contribution is -2.21. The normalized spacial score (nSPS) is 14.5. The highest BCUT2D eigenvalue weighted by molar-refractivity contribution is 7.91.